The van der Waals surface area contributed by atoms with E-state index in [1.54, 1.807) is 30.7 Å². The number of hydrogen-bond donors (Lipinski definition) is 0. The highest BCUT2D eigenvalue weighted by Crippen LogP contribution is 2.37. The van der Waals surface area contributed by atoms with Gasteiger partial charge < -0.3 is 14.2 Å². The quantitative estimate of drug-likeness (QED) is 0.242. The van der Waals surface area contributed by atoms with Gasteiger partial charge in [0.2, 0.25) is 0 Å². The van der Waals surface area contributed by atoms with Crippen molar-refractivity contribution in [3.05, 3.63) is 107 Å². The Bertz CT molecular complexity index is 1760. The number of carbonyl (C=O) groups excluding carboxylic acids is 1. The van der Waals surface area contributed by atoms with Crippen LogP contribution in [0.2, 0.25) is 0 Å². The second kappa shape index (κ2) is 11.6. The molecule has 1 aliphatic rings. The molecule has 4 aromatic rings. The summed E-state index contributed by atoms with van der Waals surface area (Å²) < 4.78 is 18.7. The van der Waals surface area contributed by atoms with E-state index in [0.717, 1.165) is 10.4 Å². The van der Waals surface area contributed by atoms with Gasteiger partial charge in [0.05, 0.1) is 29.5 Å². The van der Waals surface area contributed by atoms with Gasteiger partial charge in [-0.2, -0.15) is 0 Å². The van der Waals surface area contributed by atoms with E-state index in [1.807, 2.05) is 60.0 Å². The summed E-state index contributed by atoms with van der Waals surface area (Å²) >= 11 is 2.70. The molecule has 0 N–H and O–H groups in total. The number of para-hydroxylation sites is 1. The molecule has 0 saturated heterocycles. The predicted octanol–water partition coefficient (Wildman–Crippen LogP) is 4.02. The van der Waals surface area contributed by atoms with E-state index < -0.39 is 12.0 Å². The van der Waals surface area contributed by atoms with Gasteiger partial charge in [-0.05, 0) is 30.5 Å². The van der Waals surface area contributed by atoms with Gasteiger partial charge in [-0.1, -0.05) is 65.8 Å². The summed E-state index contributed by atoms with van der Waals surface area (Å²) in [6, 6.07) is 18.0. The molecule has 0 aliphatic carbocycles. The first-order chi connectivity index (χ1) is 19.1. The number of benzene rings is 2. The van der Waals surface area contributed by atoms with Crippen LogP contribution >= 0.6 is 22.7 Å². The predicted molar refractivity (Wildman–Crippen MR) is 153 cm³/mol. The molecule has 1 aliphatic heterocycles. The SMILES string of the molecule is C#CCOc1c(/C=c2\sc3n(c2=O)[C@@H](c2cccs2)C(C(=O)OCC)=C(c2ccccc2)N=3)cccc1OC. The first-order valence-corrected chi connectivity index (χ1v) is 13.8. The highest BCUT2D eigenvalue weighted by atomic mass is 32.1. The van der Waals surface area contributed by atoms with E-state index in [9.17, 15) is 9.59 Å². The minimum Gasteiger partial charge on any atom is -0.493 e. The summed E-state index contributed by atoms with van der Waals surface area (Å²) in [6.45, 7) is 2.00. The molecule has 5 rings (SSSR count). The second-order valence-electron chi connectivity index (χ2n) is 8.32. The maximum Gasteiger partial charge on any atom is 0.338 e. The van der Waals surface area contributed by atoms with Crippen molar-refractivity contribution in [3.63, 3.8) is 0 Å². The highest BCUT2D eigenvalue weighted by Gasteiger charge is 2.35. The van der Waals surface area contributed by atoms with Gasteiger partial charge in [0.25, 0.3) is 5.56 Å². The summed E-state index contributed by atoms with van der Waals surface area (Å²) in [5.41, 5.74) is 1.92. The Morgan fingerprint density at radius 2 is 1.97 bits per heavy atom. The lowest BCUT2D eigenvalue weighted by atomic mass is 9.97. The van der Waals surface area contributed by atoms with Crippen LogP contribution in [0.1, 0.15) is 29.0 Å². The summed E-state index contributed by atoms with van der Waals surface area (Å²) in [7, 11) is 1.54. The van der Waals surface area contributed by atoms with Crippen LogP contribution in [0, 0.1) is 12.3 Å². The number of fused-ring (bicyclic) bond motifs is 1. The van der Waals surface area contributed by atoms with Gasteiger partial charge in [0.15, 0.2) is 16.3 Å². The fourth-order valence-corrected chi connectivity index (χ4v) is 6.19. The van der Waals surface area contributed by atoms with E-state index in [1.165, 1.54) is 22.7 Å². The number of thiophene rings is 1. The van der Waals surface area contributed by atoms with Crippen molar-refractivity contribution in [2.45, 2.75) is 13.0 Å². The van der Waals surface area contributed by atoms with Crippen LogP contribution in [-0.2, 0) is 9.53 Å². The van der Waals surface area contributed by atoms with Crippen LogP contribution in [0.5, 0.6) is 11.5 Å². The second-order valence-corrected chi connectivity index (χ2v) is 10.3. The third kappa shape index (κ3) is 5.04. The van der Waals surface area contributed by atoms with Crippen molar-refractivity contribution in [2.24, 2.45) is 4.99 Å². The van der Waals surface area contributed by atoms with Crippen molar-refractivity contribution < 1.29 is 19.0 Å². The minimum atomic E-state index is -0.694. The summed E-state index contributed by atoms with van der Waals surface area (Å²) in [5.74, 6) is 2.89. The molecule has 1 atom stereocenters. The number of aromatic nitrogens is 1. The number of ether oxygens (including phenoxy) is 3. The summed E-state index contributed by atoms with van der Waals surface area (Å²) in [4.78, 5) is 33.6. The van der Waals surface area contributed by atoms with Gasteiger partial charge in [0.1, 0.15) is 12.6 Å². The molecule has 0 saturated carbocycles. The van der Waals surface area contributed by atoms with Gasteiger partial charge >= 0.3 is 5.97 Å². The molecular weight excluding hydrogens is 532 g/mol. The molecule has 2 aromatic heterocycles. The van der Waals surface area contributed by atoms with Gasteiger partial charge in [-0.3, -0.25) is 9.36 Å². The average molecular weight is 557 g/mol. The monoisotopic (exact) mass is 556 g/mol. The molecule has 0 spiro atoms. The number of methoxy groups -OCH3 is 1. The summed E-state index contributed by atoms with van der Waals surface area (Å²) in [5, 5.41) is 1.92. The van der Waals surface area contributed by atoms with E-state index in [2.05, 4.69) is 5.92 Å². The molecule has 0 fully saturated rings. The zero-order chi connectivity index (χ0) is 27.4. The summed E-state index contributed by atoms with van der Waals surface area (Å²) in [6.07, 6.45) is 7.15. The Morgan fingerprint density at radius 3 is 2.67 bits per heavy atom. The topological polar surface area (TPSA) is 79.1 Å². The van der Waals surface area contributed by atoms with Crippen LogP contribution in [0.3, 0.4) is 0 Å². The number of terminal acetylenes is 1. The molecule has 3 heterocycles. The minimum absolute atomic E-state index is 0.0458. The molecule has 7 nitrogen and oxygen atoms in total. The fourth-order valence-electron chi connectivity index (χ4n) is 4.37. The molecule has 196 valence electrons. The lowest BCUT2D eigenvalue weighted by Crippen LogP contribution is -2.39. The van der Waals surface area contributed by atoms with Gasteiger partial charge in [0, 0.05) is 16.0 Å². The number of carbonyl (C=O) groups is 1. The van der Waals surface area contributed by atoms with Crippen molar-refractivity contribution >= 4 is 40.4 Å². The Labute approximate surface area is 233 Å². The maximum absolute atomic E-state index is 14.0. The van der Waals surface area contributed by atoms with Crippen molar-refractivity contribution in [1.82, 2.24) is 4.57 Å². The average Bonchev–Trinajstić information content (AvgIpc) is 3.60. The Kier molecular flexibility index (Phi) is 7.77. The zero-order valence-electron chi connectivity index (χ0n) is 21.2. The molecule has 9 heteroatoms. The number of esters is 1. The molecule has 0 amide bonds. The highest BCUT2D eigenvalue weighted by molar-refractivity contribution is 7.10. The van der Waals surface area contributed by atoms with Crippen LogP contribution in [0.25, 0.3) is 11.8 Å². The molecule has 0 bridgehead atoms. The van der Waals surface area contributed by atoms with E-state index in [-0.39, 0.29) is 18.8 Å². The largest absolute Gasteiger partial charge is 0.493 e. The smallest absolute Gasteiger partial charge is 0.338 e. The number of rotatable bonds is 8. The first kappa shape index (κ1) is 26.2. The van der Waals surface area contributed by atoms with Crippen molar-refractivity contribution in [1.29, 1.82) is 0 Å². The number of hydrogen-bond acceptors (Lipinski definition) is 8. The van der Waals surface area contributed by atoms with Crippen molar-refractivity contribution in [2.75, 3.05) is 20.3 Å². The van der Waals surface area contributed by atoms with Crippen molar-refractivity contribution in [3.8, 4) is 23.8 Å². The molecule has 2 aromatic carbocycles. The van der Waals surface area contributed by atoms with E-state index in [4.69, 9.17) is 25.6 Å². The number of thiazole rings is 1. The third-order valence-electron chi connectivity index (χ3n) is 6.00. The van der Waals surface area contributed by atoms with Crippen LogP contribution in [0.4, 0.5) is 0 Å². The number of nitrogens with zero attached hydrogens (tertiary/aromatic N) is 2. The molecule has 0 radical (unpaired) electrons. The van der Waals surface area contributed by atoms with Crippen LogP contribution < -0.4 is 24.4 Å². The Balaban J connectivity index is 1.79. The maximum atomic E-state index is 14.0. The molecule has 39 heavy (non-hydrogen) atoms. The van der Waals surface area contributed by atoms with E-state index >= 15 is 0 Å². The molecule has 0 unspecified atom stereocenters. The Morgan fingerprint density at radius 1 is 1.15 bits per heavy atom. The third-order valence-corrected chi connectivity index (χ3v) is 7.91. The van der Waals surface area contributed by atoms with E-state index in [0.29, 0.717) is 37.7 Å². The normalized spacial score (nSPS) is 14.8. The van der Waals surface area contributed by atoms with Gasteiger partial charge in [-0.15, -0.1) is 17.8 Å². The first-order valence-electron chi connectivity index (χ1n) is 12.1. The fraction of sp³-hybridized carbons (Fsp3) is 0.167. The standard InChI is InChI=1S/C30H24N2O5S2/c1-4-16-37-27-20(13-9-14-21(27)35-3)18-23-28(33)32-26(22-15-10-17-38-22)24(29(34)36-5-2)25(31-30(32)39-23)19-11-7-6-8-12-19/h1,6-15,17-18,26H,5,16H2,2-3H3/b23-18-/t26-/m0/s1. The Hall–Kier alpha value is -4.39. The van der Waals surface area contributed by atoms with Crippen LogP contribution in [0.15, 0.2) is 81.4 Å². The molecular formula is C30H24N2O5S2. The van der Waals surface area contributed by atoms with Gasteiger partial charge in [-0.25, -0.2) is 9.79 Å². The lowest BCUT2D eigenvalue weighted by Gasteiger charge is -2.24. The zero-order valence-corrected chi connectivity index (χ0v) is 22.9. The van der Waals surface area contributed by atoms with Crippen LogP contribution in [-0.4, -0.2) is 30.9 Å². The lowest BCUT2D eigenvalue weighted by molar-refractivity contribution is -0.138.